The molecule has 1 N–H and O–H groups in total. The number of benzene rings is 1. The Kier molecular flexibility index (Phi) is 4.73. The third kappa shape index (κ3) is 3.62. The minimum absolute atomic E-state index is 0.0852. The maximum atomic E-state index is 11.2. The molecule has 1 aromatic carbocycles. The van der Waals surface area contributed by atoms with E-state index in [2.05, 4.69) is 0 Å². The molecule has 1 amide bonds. The predicted molar refractivity (Wildman–Crippen MR) is 95.4 cm³/mol. The molecule has 0 aliphatic carbocycles. The van der Waals surface area contributed by atoms with E-state index in [4.69, 9.17) is 14.0 Å². The Hall–Kier alpha value is -1.73. The van der Waals surface area contributed by atoms with Gasteiger partial charge in [0.05, 0.1) is 17.2 Å². The molecule has 0 unspecified atom stereocenters. The van der Waals surface area contributed by atoms with Crippen molar-refractivity contribution in [3.05, 3.63) is 24.3 Å². The van der Waals surface area contributed by atoms with Crippen LogP contribution in [0.25, 0.3) is 0 Å². The highest BCUT2D eigenvalue weighted by Gasteiger charge is 2.51. The first-order valence-electron chi connectivity index (χ1n) is 8.77. The summed E-state index contributed by atoms with van der Waals surface area (Å²) >= 11 is 0. The lowest BCUT2D eigenvalue weighted by Crippen LogP contribution is -2.41. The molecule has 2 fully saturated rings. The van der Waals surface area contributed by atoms with Gasteiger partial charge in [-0.2, -0.15) is 0 Å². The zero-order valence-corrected chi connectivity index (χ0v) is 15.3. The van der Waals surface area contributed by atoms with Crippen molar-refractivity contribution < 1.29 is 23.9 Å². The van der Waals surface area contributed by atoms with Gasteiger partial charge in [-0.15, -0.1) is 0 Å². The zero-order chi connectivity index (χ0) is 18.2. The molecule has 0 spiro atoms. The third-order valence-electron chi connectivity index (χ3n) is 5.45. The summed E-state index contributed by atoms with van der Waals surface area (Å²) in [6.07, 6.45) is 0.842. The van der Waals surface area contributed by atoms with Crippen LogP contribution in [-0.2, 0) is 9.31 Å². The molecular weight excluding hydrogens is 321 g/mol. The Balaban J connectivity index is 1.66. The number of ether oxygens (including phenoxy) is 1. The Morgan fingerprint density at radius 2 is 2.00 bits per heavy atom. The second-order valence-electron chi connectivity index (χ2n) is 7.74. The molecule has 1 atom stereocenters. The van der Waals surface area contributed by atoms with Crippen molar-refractivity contribution in [1.29, 1.82) is 0 Å². The van der Waals surface area contributed by atoms with Gasteiger partial charge in [0, 0.05) is 6.54 Å². The summed E-state index contributed by atoms with van der Waals surface area (Å²) in [5.74, 6) is 0.699. The van der Waals surface area contributed by atoms with Crippen LogP contribution in [0, 0.1) is 0 Å². The average Bonchev–Trinajstić information content (AvgIpc) is 3.08. The zero-order valence-electron chi connectivity index (χ0n) is 15.3. The largest absolute Gasteiger partial charge is 0.494 e. The van der Waals surface area contributed by atoms with Gasteiger partial charge in [-0.05, 0) is 58.1 Å². The molecule has 0 radical (unpaired) electrons. The number of hydrogen-bond donors (Lipinski definition) is 1. The van der Waals surface area contributed by atoms with Crippen LogP contribution in [0.4, 0.5) is 4.79 Å². The van der Waals surface area contributed by atoms with Gasteiger partial charge < -0.3 is 24.1 Å². The van der Waals surface area contributed by atoms with Crippen LogP contribution >= 0.6 is 0 Å². The first-order chi connectivity index (χ1) is 11.7. The lowest BCUT2D eigenvalue weighted by atomic mass is 9.79. The van der Waals surface area contributed by atoms with Crippen LogP contribution in [-0.4, -0.2) is 53.6 Å². The van der Waals surface area contributed by atoms with Gasteiger partial charge >= 0.3 is 13.2 Å². The number of carbonyl (C=O) groups is 1. The highest BCUT2D eigenvalue weighted by Crippen LogP contribution is 2.36. The van der Waals surface area contributed by atoms with Crippen LogP contribution in [0.1, 0.15) is 40.5 Å². The fourth-order valence-corrected chi connectivity index (χ4v) is 3.18. The van der Waals surface area contributed by atoms with E-state index in [-0.39, 0.29) is 17.2 Å². The van der Waals surface area contributed by atoms with E-state index in [1.165, 1.54) is 4.90 Å². The lowest BCUT2D eigenvalue weighted by Gasteiger charge is -2.32. The first kappa shape index (κ1) is 18.1. The summed E-state index contributed by atoms with van der Waals surface area (Å²) in [7, 11) is -0.435. The molecule has 1 aromatic rings. The highest BCUT2D eigenvalue weighted by atomic mass is 16.7. The van der Waals surface area contributed by atoms with Crippen molar-refractivity contribution in [2.45, 2.75) is 57.8 Å². The van der Waals surface area contributed by atoms with E-state index in [0.717, 1.165) is 18.3 Å². The number of carboxylic acid groups (broad SMARTS) is 1. The van der Waals surface area contributed by atoms with Crippen LogP contribution in [0.2, 0.25) is 0 Å². The minimum atomic E-state index is -0.878. The molecule has 0 aromatic heterocycles. The van der Waals surface area contributed by atoms with Gasteiger partial charge in [-0.25, -0.2) is 4.79 Å². The van der Waals surface area contributed by atoms with E-state index in [9.17, 15) is 9.90 Å². The Labute approximate surface area is 149 Å². The smallest absolute Gasteiger partial charge is 0.491 e. The summed E-state index contributed by atoms with van der Waals surface area (Å²) in [5, 5.41) is 9.20. The predicted octanol–water partition coefficient (Wildman–Crippen LogP) is 2.51. The number of rotatable bonds is 4. The van der Waals surface area contributed by atoms with E-state index >= 15 is 0 Å². The molecule has 2 saturated heterocycles. The minimum Gasteiger partial charge on any atom is -0.491 e. The molecule has 25 heavy (non-hydrogen) atoms. The van der Waals surface area contributed by atoms with Crippen molar-refractivity contribution in [2.75, 3.05) is 13.2 Å². The van der Waals surface area contributed by atoms with E-state index in [0.29, 0.717) is 18.9 Å². The maximum absolute atomic E-state index is 11.2. The van der Waals surface area contributed by atoms with Crippen molar-refractivity contribution in [3.63, 3.8) is 0 Å². The molecule has 2 aliphatic rings. The number of likely N-dealkylation sites (tertiary alicyclic amines) is 1. The molecule has 3 rings (SSSR count). The fraction of sp³-hybridized carbons (Fsp3) is 0.611. The van der Waals surface area contributed by atoms with Gasteiger partial charge in [0.2, 0.25) is 0 Å². The van der Waals surface area contributed by atoms with Crippen LogP contribution < -0.4 is 10.2 Å². The van der Waals surface area contributed by atoms with Crippen molar-refractivity contribution >= 4 is 18.7 Å². The topological polar surface area (TPSA) is 68.2 Å². The maximum Gasteiger partial charge on any atom is 0.494 e. The first-order valence-corrected chi connectivity index (χ1v) is 8.77. The Morgan fingerprint density at radius 1 is 1.32 bits per heavy atom. The Morgan fingerprint density at radius 3 is 2.64 bits per heavy atom. The summed E-state index contributed by atoms with van der Waals surface area (Å²) in [5.41, 5.74) is 0.124. The van der Waals surface area contributed by atoms with Crippen LogP contribution in [0.3, 0.4) is 0 Å². The van der Waals surface area contributed by atoms with E-state index in [1.54, 1.807) is 0 Å². The van der Waals surface area contributed by atoms with Crippen molar-refractivity contribution in [3.8, 4) is 5.75 Å². The second kappa shape index (κ2) is 6.54. The molecule has 2 heterocycles. The lowest BCUT2D eigenvalue weighted by molar-refractivity contribution is 0.00578. The molecule has 6 nitrogen and oxygen atoms in total. The fourth-order valence-electron chi connectivity index (χ4n) is 3.18. The SMILES string of the molecule is CC1(C)OB(c2cccc(OC[C@@H]3CCCN3C(=O)O)c2)OC1(C)C. The van der Waals surface area contributed by atoms with Crippen LogP contribution in [0.15, 0.2) is 24.3 Å². The van der Waals surface area contributed by atoms with Crippen molar-refractivity contribution in [1.82, 2.24) is 4.90 Å². The molecular formula is C18H26BNO5. The quantitative estimate of drug-likeness (QED) is 0.848. The summed E-state index contributed by atoms with van der Waals surface area (Å²) in [6, 6.07) is 7.54. The summed E-state index contributed by atoms with van der Waals surface area (Å²) in [4.78, 5) is 12.7. The third-order valence-corrected chi connectivity index (χ3v) is 5.45. The van der Waals surface area contributed by atoms with Gasteiger partial charge in [-0.1, -0.05) is 12.1 Å². The number of hydrogen-bond acceptors (Lipinski definition) is 4. The molecule has 2 aliphatic heterocycles. The monoisotopic (exact) mass is 347 g/mol. The summed E-state index contributed by atoms with van der Waals surface area (Å²) in [6.45, 7) is 9.03. The average molecular weight is 347 g/mol. The molecule has 0 bridgehead atoms. The van der Waals surface area contributed by atoms with Crippen LogP contribution in [0.5, 0.6) is 5.75 Å². The number of amides is 1. The summed E-state index contributed by atoms with van der Waals surface area (Å²) < 4.78 is 18.0. The molecule has 136 valence electrons. The second-order valence-corrected chi connectivity index (χ2v) is 7.74. The van der Waals surface area contributed by atoms with Gasteiger partial charge in [0.15, 0.2) is 0 Å². The number of nitrogens with zero attached hydrogens (tertiary/aromatic N) is 1. The Bertz CT molecular complexity index is 632. The standard InChI is InChI=1S/C18H26BNO5/c1-17(2)18(3,4)25-19(24-17)13-7-5-9-15(11-13)23-12-14-8-6-10-20(14)16(21)22/h5,7,9,11,14H,6,8,10,12H2,1-4H3,(H,21,22)/t14-/m0/s1. The normalized spacial score (nSPS) is 24.6. The highest BCUT2D eigenvalue weighted by molar-refractivity contribution is 6.62. The van der Waals surface area contributed by atoms with E-state index < -0.39 is 13.2 Å². The van der Waals surface area contributed by atoms with Crippen molar-refractivity contribution in [2.24, 2.45) is 0 Å². The van der Waals surface area contributed by atoms with Gasteiger partial charge in [-0.3, -0.25) is 0 Å². The molecule has 7 heteroatoms. The van der Waals surface area contributed by atoms with Gasteiger partial charge in [0.1, 0.15) is 12.4 Å². The molecule has 0 saturated carbocycles. The van der Waals surface area contributed by atoms with Gasteiger partial charge in [0.25, 0.3) is 0 Å². The van der Waals surface area contributed by atoms with E-state index in [1.807, 2.05) is 52.0 Å².